The summed E-state index contributed by atoms with van der Waals surface area (Å²) in [6.45, 7) is 1.92. The van der Waals surface area contributed by atoms with Crippen LogP contribution in [0.25, 0.3) is 0 Å². The second-order valence-electron chi connectivity index (χ2n) is 3.31. The first-order valence-corrected chi connectivity index (χ1v) is 7.76. The molecule has 1 rings (SSSR count). The maximum atomic E-state index is 11.8. The van der Waals surface area contributed by atoms with Gasteiger partial charge >= 0.3 is 0 Å². The summed E-state index contributed by atoms with van der Waals surface area (Å²) in [7, 11) is 0. The molecule has 0 aliphatic carbocycles. The Balaban J connectivity index is 2.91. The van der Waals surface area contributed by atoms with E-state index < -0.39 is 6.10 Å². The summed E-state index contributed by atoms with van der Waals surface area (Å²) in [4.78, 5) is 11.8. The minimum absolute atomic E-state index is 0.137. The average molecular weight is 557 g/mol. The zero-order chi connectivity index (χ0) is 12.3. The molecule has 0 aliphatic heterocycles. The fraction of sp³-hybridized carbons (Fsp3) is 0.300. The highest BCUT2D eigenvalue weighted by Gasteiger charge is 2.13. The van der Waals surface area contributed by atoms with Crippen LogP contribution >= 0.6 is 67.8 Å². The number of carbonyl (C=O) groups excluding carboxylic acids is 1. The third kappa shape index (κ3) is 4.26. The number of hydrogen-bond donors (Lipinski definition) is 2. The van der Waals surface area contributed by atoms with E-state index in [1.807, 2.05) is 12.1 Å². The fourth-order valence-electron chi connectivity index (χ4n) is 1.06. The lowest BCUT2D eigenvalue weighted by Gasteiger charge is -2.10. The summed E-state index contributed by atoms with van der Waals surface area (Å²) in [5.41, 5.74) is 0.664. The molecule has 0 unspecified atom stereocenters. The molecule has 1 amide bonds. The van der Waals surface area contributed by atoms with Crippen LogP contribution < -0.4 is 5.32 Å². The molecule has 0 aliphatic rings. The van der Waals surface area contributed by atoms with Crippen molar-refractivity contribution in [2.75, 3.05) is 6.54 Å². The molecule has 3 nitrogen and oxygen atoms in total. The van der Waals surface area contributed by atoms with Crippen molar-refractivity contribution in [2.45, 2.75) is 13.0 Å². The monoisotopic (exact) mass is 557 g/mol. The van der Waals surface area contributed by atoms with Gasteiger partial charge in [-0.15, -0.1) is 0 Å². The molecule has 0 spiro atoms. The van der Waals surface area contributed by atoms with E-state index in [2.05, 4.69) is 73.1 Å². The Bertz CT molecular complexity index is 407. The highest BCUT2D eigenvalue weighted by Crippen LogP contribution is 2.22. The zero-order valence-corrected chi connectivity index (χ0v) is 14.9. The van der Waals surface area contributed by atoms with E-state index in [1.54, 1.807) is 6.92 Å². The SMILES string of the molecule is C[C@H](O)CNC(=O)c1cc(I)cc(I)c1I. The molecule has 0 fully saturated rings. The van der Waals surface area contributed by atoms with E-state index in [4.69, 9.17) is 5.11 Å². The molecule has 0 aromatic heterocycles. The first-order valence-electron chi connectivity index (χ1n) is 4.52. The van der Waals surface area contributed by atoms with Gasteiger partial charge in [-0.2, -0.15) is 0 Å². The minimum atomic E-state index is -0.525. The van der Waals surface area contributed by atoms with E-state index in [9.17, 15) is 4.79 Å². The van der Waals surface area contributed by atoms with E-state index in [0.29, 0.717) is 5.56 Å². The maximum Gasteiger partial charge on any atom is 0.252 e. The van der Waals surface area contributed by atoms with Crippen LogP contribution in [-0.2, 0) is 0 Å². The lowest BCUT2D eigenvalue weighted by atomic mass is 10.2. The summed E-state index contributed by atoms with van der Waals surface area (Å²) in [5.74, 6) is -0.137. The van der Waals surface area contributed by atoms with Gasteiger partial charge in [0, 0.05) is 17.3 Å². The summed E-state index contributed by atoms with van der Waals surface area (Å²) in [5, 5.41) is 11.8. The molecule has 0 bridgehead atoms. The van der Waals surface area contributed by atoms with Gasteiger partial charge in [0.1, 0.15) is 0 Å². The average Bonchev–Trinajstić information content (AvgIpc) is 2.19. The molecular weight excluding hydrogens is 547 g/mol. The van der Waals surface area contributed by atoms with Crippen molar-refractivity contribution in [2.24, 2.45) is 0 Å². The lowest BCUT2D eigenvalue weighted by Crippen LogP contribution is -2.31. The van der Waals surface area contributed by atoms with Gasteiger partial charge in [-0.05, 0) is 86.8 Å². The molecule has 88 valence electrons. The van der Waals surface area contributed by atoms with Crippen LogP contribution in [0.1, 0.15) is 17.3 Å². The maximum absolute atomic E-state index is 11.8. The Kier molecular flexibility index (Phi) is 6.23. The van der Waals surface area contributed by atoms with E-state index >= 15 is 0 Å². The minimum Gasteiger partial charge on any atom is -0.392 e. The van der Waals surface area contributed by atoms with Gasteiger partial charge in [0.2, 0.25) is 0 Å². The van der Waals surface area contributed by atoms with Gasteiger partial charge in [0.15, 0.2) is 0 Å². The third-order valence-electron chi connectivity index (χ3n) is 1.80. The standard InChI is InChI=1S/C10H10I3NO2/c1-5(15)4-14-10(16)7-2-6(11)3-8(12)9(7)13/h2-3,5,15H,4H2,1H3,(H,14,16)/t5-/m0/s1. The lowest BCUT2D eigenvalue weighted by molar-refractivity contribution is 0.0923. The number of amides is 1. The quantitative estimate of drug-likeness (QED) is 0.444. The number of nitrogens with one attached hydrogen (secondary N) is 1. The Hall–Kier alpha value is 0.840. The Morgan fingerprint density at radius 1 is 1.44 bits per heavy atom. The molecule has 1 atom stereocenters. The number of hydrogen-bond acceptors (Lipinski definition) is 2. The van der Waals surface area contributed by atoms with Crippen molar-refractivity contribution >= 4 is 73.7 Å². The van der Waals surface area contributed by atoms with E-state index in [-0.39, 0.29) is 12.5 Å². The largest absolute Gasteiger partial charge is 0.392 e. The van der Waals surface area contributed by atoms with Crippen molar-refractivity contribution in [1.82, 2.24) is 5.32 Å². The Labute approximate surface area is 135 Å². The second-order valence-corrected chi connectivity index (χ2v) is 6.79. The topological polar surface area (TPSA) is 49.3 Å². The number of carbonyl (C=O) groups is 1. The van der Waals surface area contributed by atoms with Crippen LogP contribution in [0.15, 0.2) is 12.1 Å². The number of aliphatic hydroxyl groups is 1. The molecule has 0 heterocycles. The van der Waals surface area contributed by atoms with E-state index in [0.717, 1.165) is 10.7 Å². The van der Waals surface area contributed by atoms with Crippen LogP contribution in [0.3, 0.4) is 0 Å². The van der Waals surface area contributed by atoms with Gasteiger partial charge in [0.05, 0.1) is 11.7 Å². The Morgan fingerprint density at radius 2 is 2.06 bits per heavy atom. The zero-order valence-electron chi connectivity index (χ0n) is 8.43. The van der Waals surface area contributed by atoms with Crippen molar-refractivity contribution in [3.63, 3.8) is 0 Å². The van der Waals surface area contributed by atoms with Crippen molar-refractivity contribution < 1.29 is 9.90 Å². The number of rotatable bonds is 3. The highest BCUT2D eigenvalue weighted by molar-refractivity contribution is 14.1. The van der Waals surface area contributed by atoms with Crippen molar-refractivity contribution in [3.8, 4) is 0 Å². The molecule has 16 heavy (non-hydrogen) atoms. The van der Waals surface area contributed by atoms with Gasteiger partial charge < -0.3 is 10.4 Å². The predicted molar refractivity (Wildman–Crippen MR) is 88.6 cm³/mol. The van der Waals surface area contributed by atoms with Crippen LogP contribution in [0.5, 0.6) is 0 Å². The normalized spacial score (nSPS) is 12.3. The van der Waals surface area contributed by atoms with Crippen molar-refractivity contribution in [1.29, 1.82) is 0 Å². The van der Waals surface area contributed by atoms with E-state index in [1.165, 1.54) is 0 Å². The van der Waals surface area contributed by atoms with Gasteiger partial charge in [-0.3, -0.25) is 4.79 Å². The third-order valence-corrected chi connectivity index (χ3v) is 5.46. The van der Waals surface area contributed by atoms with Crippen LogP contribution in [0.4, 0.5) is 0 Å². The van der Waals surface area contributed by atoms with Crippen molar-refractivity contribution in [3.05, 3.63) is 28.4 Å². The summed E-state index contributed by atoms with van der Waals surface area (Å²) < 4.78 is 3.04. The molecule has 0 saturated carbocycles. The number of aliphatic hydroxyl groups excluding tert-OH is 1. The van der Waals surface area contributed by atoms with Gasteiger partial charge in [0.25, 0.3) is 5.91 Å². The molecule has 6 heteroatoms. The summed E-state index contributed by atoms with van der Waals surface area (Å²) in [6, 6.07) is 3.87. The molecule has 0 radical (unpaired) electrons. The second kappa shape index (κ2) is 6.69. The molecular formula is C10H10I3NO2. The summed E-state index contributed by atoms with van der Waals surface area (Å²) in [6.07, 6.45) is -0.525. The smallest absolute Gasteiger partial charge is 0.252 e. The molecule has 2 N–H and O–H groups in total. The number of benzene rings is 1. The molecule has 0 saturated heterocycles. The van der Waals surface area contributed by atoms with Crippen LogP contribution in [-0.4, -0.2) is 23.7 Å². The van der Waals surface area contributed by atoms with Gasteiger partial charge in [-0.1, -0.05) is 0 Å². The molecule has 1 aromatic rings. The summed E-state index contributed by atoms with van der Waals surface area (Å²) >= 11 is 6.55. The first-order chi connectivity index (χ1) is 7.41. The molecule has 1 aromatic carbocycles. The predicted octanol–water partition coefficient (Wildman–Crippen LogP) is 2.61. The first kappa shape index (κ1) is 14.9. The Morgan fingerprint density at radius 3 is 2.62 bits per heavy atom. The van der Waals surface area contributed by atoms with Gasteiger partial charge in [-0.25, -0.2) is 0 Å². The van der Waals surface area contributed by atoms with Crippen LogP contribution in [0.2, 0.25) is 0 Å². The fourth-order valence-corrected chi connectivity index (χ4v) is 3.46. The number of halogens is 3. The van der Waals surface area contributed by atoms with Crippen LogP contribution in [0, 0.1) is 10.7 Å². The highest BCUT2D eigenvalue weighted by atomic mass is 127.